The Hall–Kier alpha value is -0.690. The van der Waals surface area contributed by atoms with Gasteiger partial charge in [0.15, 0.2) is 0 Å². The van der Waals surface area contributed by atoms with Crippen LogP contribution in [0.15, 0.2) is 24.3 Å². The summed E-state index contributed by atoms with van der Waals surface area (Å²) in [6.45, 7) is 0. The van der Waals surface area contributed by atoms with Crippen LogP contribution in [-0.2, 0) is 10.3 Å². The van der Waals surface area contributed by atoms with Gasteiger partial charge in [-0.2, -0.15) is 13.1 Å². The zero-order chi connectivity index (χ0) is 10.8. The first-order chi connectivity index (χ1) is 6.40. The van der Waals surface area contributed by atoms with Crippen LogP contribution < -0.4 is 4.72 Å². The number of alkyl halides is 1. The molecular weight excluding hydrogens is 233 g/mol. The Morgan fingerprint density at radius 3 is 2.50 bits per heavy atom. The smallest absolute Gasteiger partial charge is 0.273 e. The van der Waals surface area contributed by atoms with E-state index in [1.54, 1.807) is 4.72 Å². The van der Waals surface area contributed by atoms with Crippen molar-refractivity contribution in [2.75, 3.05) is 0 Å². The van der Waals surface area contributed by atoms with E-state index in [0.29, 0.717) is 0 Å². The average Bonchev–Trinajstić information content (AvgIpc) is 2.01. The molecule has 1 aromatic rings. The molecule has 1 rings (SSSR count). The number of nitrogens with one attached hydrogen (secondary N) is 1. The van der Waals surface area contributed by atoms with Crippen LogP contribution in [0.4, 0.5) is 4.39 Å². The van der Waals surface area contributed by atoms with Crippen LogP contribution in [0.5, 0.6) is 0 Å². The van der Waals surface area contributed by atoms with Crippen molar-refractivity contribution >= 4 is 21.9 Å². The topological polar surface area (TPSA) is 66.4 Å². The van der Waals surface area contributed by atoms with Crippen LogP contribution in [0.2, 0.25) is 0 Å². The minimum atomic E-state index is -4.44. The van der Waals surface area contributed by atoms with Gasteiger partial charge in [-0.25, -0.2) is 4.39 Å². The highest BCUT2D eigenvalue weighted by atomic mass is 35.5. The molecule has 0 aromatic heterocycles. The Morgan fingerprint density at radius 1 is 1.43 bits per heavy atom. The van der Waals surface area contributed by atoms with Crippen molar-refractivity contribution in [2.24, 2.45) is 0 Å². The zero-order valence-corrected chi connectivity index (χ0v) is 8.39. The molecule has 0 aliphatic carbocycles. The molecule has 0 saturated carbocycles. The average molecular weight is 240 g/mol. The van der Waals surface area contributed by atoms with E-state index in [0.717, 1.165) is 6.07 Å². The SMILES string of the molecule is O=S(=O)(O)NC(Cl)c1ccccc1F. The van der Waals surface area contributed by atoms with Crippen molar-refractivity contribution in [3.63, 3.8) is 0 Å². The van der Waals surface area contributed by atoms with E-state index in [4.69, 9.17) is 16.2 Å². The Kier molecular flexibility index (Phi) is 3.43. The molecule has 1 atom stereocenters. The molecule has 7 heteroatoms. The fourth-order valence-corrected chi connectivity index (χ4v) is 1.78. The summed E-state index contributed by atoms with van der Waals surface area (Å²) in [6.07, 6.45) is 0. The Bertz CT molecular complexity index is 423. The van der Waals surface area contributed by atoms with Crippen LogP contribution in [-0.4, -0.2) is 13.0 Å². The lowest BCUT2D eigenvalue weighted by Gasteiger charge is -2.09. The molecule has 1 unspecified atom stereocenters. The third-order valence-electron chi connectivity index (χ3n) is 1.43. The van der Waals surface area contributed by atoms with Gasteiger partial charge in [0.25, 0.3) is 0 Å². The monoisotopic (exact) mass is 239 g/mol. The highest BCUT2D eigenvalue weighted by Gasteiger charge is 2.17. The van der Waals surface area contributed by atoms with Gasteiger partial charge in [0, 0.05) is 5.56 Å². The molecule has 0 saturated heterocycles. The summed E-state index contributed by atoms with van der Waals surface area (Å²) < 4.78 is 43.8. The standard InChI is InChI=1S/C7H7ClFNO3S/c8-7(10-14(11,12)13)5-3-1-2-4-6(5)9/h1-4,7,10H,(H,11,12,13). The maximum atomic E-state index is 13.0. The van der Waals surface area contributed by atoms with Crippen LogP contribution in [0.25, 0.3) is 0 Å². The Morgan fingerprint density at radius 2 is 2.00 bits per heavy atom. The maximum Gasteiger partial charge on any atom is 0.334 e. The summed E-state index contributed by atoms with van der Waals surface area (Å²) in [6, 6.07) is 5.39. The van der Waals surface area contributed by atoms with Gasteiger partial charge in [0.05, 0.1) is 0 Å². The minimum Gasteiger partial charge on any atom is -0.273 e. The number of benzene rings is 1. The molecule has 0 aliphatic rings. The van der Waals surface area contributed by atoms with E-state index in [1.165, 1.54) is 18.2 Å². The van der Waals surface area contributed by atoms with Crippen LogP contribution in [0.3, 0.4) is 0 Å². The van der Waals surface area contributed by atoms with Crippen LogP contribution >= 0.6 is 11.6 Å². The van der Waals surface area contributed by atoms with E-state index < -0.39 is 21.6 Å². The molecular formula is C7H7ClFNO3S. The number of halogens is 2. The van der Waals surface area contributed by atoms with Crippen molar-refractivity contribution in [1.29, 1.82) is 0 Å². The van der Waals surface area contributed by atoms with Crippen molar-refractivity contribution in [3.05, 3.63) is 35.6 Å². The van der Waals surface area contributed by atoms with Crippen LogP contribution in [0, 0.1) is 5.82 Å². The first kappa shape index (κ1) is 11.4. The van der Waals surface area contributed by atoms with E-state index >= 15 is 0 Å². The molecule has 0 radical (unpaired) electrons. The van der Waals surface area contributed by atoms with Crippen molar-refractivity contribution in [1.82, 2.24) is 4.72 Å². The normalized spacial score (nSPS) is 13.9. The molecule has 0 bridgehead atoms. The number of rotatable bonds is 3. The van der Waals surface area contributed by atoms with Gasteiger partial charge in [0.2, 0.25) is 0 Å². The van der Waals surface area contributed by atoms with E-state index in [-0.39, 0.29) is 5.56 Å². The molecule has 0 fully saturated rings. The summed E-state index contributed by atoms with van der Waals surface area (Å²) >= 11 is 5.51. The predicted molar refractivity (Wildman–Crippen MR) is 49.7 cm³/mol. The van der Waals surface area contributed by atoms with Crippen molar-refractivity contribution in [3.8, 4) is 0 Å². The molecule has 14 heavy (non-hydrogen) atoms. The molecule has 1 aromatic carbocycles. The summed E-state index contributed by atoms with van der Waals surface area (Å²) in [5.41, 5.74) is -1.38. The fourth-order valence-electron chi connectivity index (χ4n) is 0.875. The summed E-state index contributed by atoms with van der Waals surface area (Å²) in [4.78, 5) is 0. The molecule has 4 nitrogen and oxygen atoms in total. The second-order valence-corrected chi connectivity index (χ2v) is 4.10. The van der Waals surface area contributed by atoms with Crippen LogP contribution in [0.1, 0.15) is 11.1 Å². The summed E-state index contributed by atoms with van der Waals surface area (Å²) in [7, 11) is -4.44. The first-order valence-electron chi connectivity index (χ1n) is 3.53. The molecule has 78 valence electrons. The lowest BCUT2D eigenvalue weighted by Crippen LogP contribution is -2.25. The molecule has 0 aliphatic heterocycles. The lowest BCUT2D eigenvalue weighted by molar-refractivity contribution is 0.464. The van der Waals surface area contributed by atoms with Gasteiger partial charge >= 0.3 is 10.3 Å². The zero-order valence-electron chi connectivity index (χ0n) is 6.81. The fraction of sp³-hybridized carbons (Fsp3) is 0.143. The van der Waals surface area contributed by atoms with Gasteiger partial charge in [-0.1, -0.05) is 29.8 Å². The third-order valence-corrected chi connectivity index (χ3v) is 2.44. The second-order valence-electron chi connectivity index (χ2n) is 2.48. The lowest BCUT2D eigenvalue weighted by atomic mass is 10.2. The number of hydrogen-bond donors (Lipinski definition) is 2. The molecule has 0 amide bonds. The first-order valence-corrected chi connectivity index (χ1v) is 5.41. The van der Waals surface area contributed by atoms with Gasteiger partial charge in [-0.3, -0.25) is 4.55 Å². The Labute approximate surface area is 85.6 Å². The van der Waals surface area contributed by atoms with Gasteiger partial charge in [0.1, 0.15) is 11.3 Å². The molecule has 0 spiro atoms. The summed E-state index contributed by atoms with van der Waals surface area (Å²) in [5, 5.41) is 0. The maximum absolute atomic E-state index is 13.0. The van der Waals surface area contributed by atoms with Gasteiger partial charge in [-0.05, 0) is 6.07 Å². The van der Waals surface area contributed by atoms with E-state index in [1.807, 2.05) is 0 Å². The molecule has 2 N–H and O–H groups in total. The predicted octanol–water partition coefficient (Wildman–Crippen LogP) is 1.46. The van der Waals surface area contributed by atoms with E-state index in [2.05, 4.69) is 0 Å². The molecule has 0 heterocycles. The quantitative estimate of drug-likeness (QED) is 0.477. The second kappa shape index (κ2) is 4.22. The number of hydrogen-bond acceptors (Lipinski definition) is 2. The highest BCUT2D eigenvalue weighted by molar-refractivity contribution is 7.83. The Balaban J connectivity index is 2.90. The largest absolute Gasteiger partial charge is 0.334 e. The van der Waals surface area contributed by atoms with Crippen molar-refractivity contribution in [2.45, 2.75) is 5.50 Å². The highest BCUT2D eigenvalue weighted by Crippen LogP contribution is 2.20. The van der Waals surface area contributed by atoms with Gasteiger partial charge in [-0.15, -0.1) is 0 Å². The van der Waals surface area contributed by atoms with Crippen molar-refractivity contribution < 1.29 is 17.4 Å². The van der Waals surface area contributed by atoms with E-state index in [9.17, 15) is 12.8 Å². The third kappa shape index (κ3) is 3.22. The summed E-state index contributed by atoms with van der Waals surface area (Å²) in [5.74, 6) is -0.649. The van der Waals surface area contributed by atoms with Gasteiger partial charge < -0.3 is 0 Å². The minimum absolute atomic E-state index is 0.0493.